The number of aromatic nitrogens is 1. The molecule has 0 aliphatic heterocycles. The topological polar surface area (TPSA) is 33.1 Å². The summed E-state index contributed by atoms with van der Waals surface area (Å²) in [6.07, 6.45) is 5.90. The zero-order chi connectivity index (χ0) is 12.1. The zero-order valence-electron chi connectivity index (χ0n) is 9.84. The molecule has 1 heterocycles. The van der Waals surface area contributed by atoms with Crippen LogP contribution in [0.15, 0.2) is 49.2 Å². The van der Waals surface area contributed by atoms with Crippen molar-refractivity contribution in [2.45, 2.75) is 25.4 Å². The fraction of sp³-hybridized carbons (Fsp3) is 0.267. The van der Waals surface area contributed by atoms with E-state index in [0.717, 1.165) is 35.7 Å². The highest BCUT2D eigenvalue weighted by atomic mass is 16.3. The average Bonchev–Trinajstić information content (AvgIpc) is 2.38. The van der Waals surface area contributed by atoms with Crippen LogP contribution in [0.2, 0.25) is 0 Å². The molecule has 17 heavy (non-hydrogen) atoms. The van der Waals surface area contributed by atoms with E-state index in [1.54, 1.807) is 6.20 Å². The molecule has 0 saturated carbocycles. The van der Waals surface area contributed by atoms with E-state index in [2.05, 4.69) is 11.6 Å². The van der Waals surface area contributed by atoms with Crippen molar-refractivity contribution in [3.8, 4) is 0 Å². The lowest BCUT2D eigenvalue weighted by atomic mass is 10.00. The smallest absolute Gasteiger partial charge is 0.0797 e. The van der Waals surface area contributed by atoms with Crippen molar-refractivity contribution in [2.75, 3.05) is 0 Å². The van der Waals surface area contributed by atoms with Crippen LogP contribution in [0.25, 0.3) is 10.9 Å². The van der Waals surface area contributed by atoms with Crippen LogP contribution in [-0.2, 0) is 0 Å². The number of allylic oxidation sites excluding steroid dienone is 1. The van der Waals surface area contributed by atoms with Crippen molar-refractivity contribution in [1.82, 2.24) is 4.98 Å². The van der Waals surface area contributed by atoms with E-state index in [1.165, 1.54) is 0 Å². The van der Waals surface area contributed by atoms with Crippen LogP contribution in [0.3, 0.4) is 0 Å². The molecule has 1 aromatic carbocycles. The summed E-state index contributed by atoms with van der Waals surface area (Å²) in [4.78, 5) is 4.29. The molecular weight excluding hydrogens is 210 g/mol. The Kier molecular flexibility index (Phi) is 3.89. The fourth-order valence-corrected chi connectivity index (χ4v) is 2.02. The normalized spacial score (nSPS) is 12.5. The number of fused-ring (bicyclic) bond motifs is 1. The SMILES string of the molecule is C=CCCCC(O)c1ccnc2ccccc12. The molecule has 2 nitrogen and oxygen atoms in total. The van der Waals surface area contributed by atoms with Gasteiger partial charge in [-0.1, -0.05) is 24.3 Å². The molecule has 0 saturated heterocycles. The predicted molar refractivity (Wildman–Crippen MR) is 70.8 cm³/mol. The molecular formula is C15H17NO. The van der Waals surface area contributed by atoms with Crippen molar-refractivity contribution in [1.29, 1.82) is 0 Å². The minimum Gasteiger partial charge on any atom is -0.388 e. The van der Waals surface area contributed by atoms with Crippen LogP contribution in [0.4, 0.5) is 0 Å². The third-order valence-corrected chi connectivity index (χ3v) is 2.93. The molecule has 2 heteroatoms. The van der Waals surface area contributed by atoms with Crippen LogP contribution in [-0.4, -0.2) is 10.1 Å². The first-order valence-corrected chi connectivity index (χ1v) is 5.95. The first-order valence-electron chi connectivity index (χ1n) is 5.95. The first kappa shape index (κ1) is 11.8. The Balaban J connectivity index is 2.25. The van der Waals surface area contributed by atoms with Gasteiger partial charge in [-0.3, -0.25) is 4.98 Å². The number of aliphatic hydroxyl groups excluding tert-OH is 1. The van der Waals surface area contributed by atoms with Crippen LogP contribution in [0.1, 0.15) is 30.9 Å². The molecule has 0 spiro atoms. The van der Waals surface area contributed by atoms with Gasteiger partial charge in [-0.25, -0.2) is 0 Å². The number of rotatable bonds is 5. The zero-order valence-corrected chi connectivity index (χ0v) is 9.84. The molecule has 1 atom stereocenters. The third kappa shape index (κ3) is 2.71. The summed E-state index contributed by atoms with van der Waals surface area (Å²) in [6.45, 7) is 3.69. The Bertz CT molecular complexity index is 502. The monoisotopic (exact) mass is 227 g/mol. The summed E-state index contributed by atoms with van der Waals surface area (Å²) in [5.41, 5.74) is 1.91. The maximum Gasteiger partial charge on any atom is 0.0797 e. The predicted octanol–water partition coefficient (Wildman–Crippen LogP) is 3.62. The van der Waals surface area contributed by atoms with E-state index >= 15 is 0 Å². The molecule has 2 rings (SSSR count). The summed E-state index contributed by atoms with van der Waals surface area (Å²) in [6, 6.07) is 9.82. The maximum atomic E-state index is 10.2. The quantitative estimate of drug-likeness (QED) is 0.625. The number of para-hydroxylation sites is 1. The molecule has 0 fully saturated rings. The van der Waals surface area contributed by atoms with E-state index < -0.39 is 6.10 Å². The first-order chi connectivity index (χ1) is 8.33. The molecule has 1 aromatic heterocycles. The van der Waals surface area contributed by atoms with Crippen LogP contribution in [0.5, 0.6) is 0 Å². The maximum absolute atomic E-state index is 10.2. The van der Waals surface area contributed by atoms with Gasteiger partial charge >= 0.3 is 0 Å². The van der Waals surface area contributed by atoms with Gasteiger partial charge in [0, 0.05) is 11.6 Å². The highest BCUT2D eigenvalue weighted by Gasteiger charge is 2.10. The summed E-state index contributed by atoms with van der Waals surface area (Å²) in [5, 5.41) is 11.2. The summed E-state index contributed by atoms with van der Waals surface area (Å²) in [7, 11) is 0. The van der Waals surface area contributed by atoms with Crippen molar-refractivity contribution in [3.63, 3.8) is 0 Å². The van der Waals surface area contributed by atoms with Crippen molar-refractivity contribution in [2.24, 2.45) is 0 Å². The number of benzene rings is 1. The number of unbranched alkanes of at least 4 members (excludes halogenated alkanes) is 1. The van der Waals surface area contributed by atoms with E-state index in [0.29, 0.717) is 0 Å². The third-order valence-electron chi connectivity index (χ3n) is 2.93. The van der Waals surface area contributed by atoms with Gasteiger partial charge in [-0.2, -0.15) is 0 Å². The highest BCUT2D eigenvalue weighted by molar-refractivity contribution is 5.82. The number of hydrogen-bond donors (Lipinski definition) is 1. The number of nitrogens with zero attached hydrogens (tertiary/aromatic N) is 1. The highest BCUT2D eigenvalue weighted by Crippen LogP contribution is 2.25. The minimum absolute atomic E-state index is 0.414. The van der Waals surface area contributed by atoms with Gasteiger partial charge < -0.3 is 5.11 Å². The molecule has 0 aliphatic rings. The number of pyridine rings is 1. The molecule has 0 aliphatic carbocycles. The molecule has 1 unspecified atom stereocenters. The Morgan fingerprint density at radius 3 is 2.94 bits per heavy atom. The van der Waals surface area contributed by atoms with E-state index in [-0.39, 0.29) is 0 Å². The lowest BCUT2D eigenvalue weighted by Gasteiger charge is -2.12. The van der Waals surface area contributed by atoms with Gasteiger partial charge in [0.2, 0.25) is 0 Å². The minimum atomic E-state index is -0.414. The van der Waals surface area contributed by atoms with Gasteiger partial charge in [0.25, 0.3) is 0 Å². The van der Waals surface area contributed by atoms with E-state index in [1.807, 2.05) is 36.4 Å². The van der Waals surface area contributed by atoms with Gasteiger partial charge in [0.15, 0.2) is 0 Å². The van der Waals surface area contributed by atoms with E-state index in [4.69, 9.17) is 0 Å². The second kappa shape index (κ2) is 5.60. The molecule has 0 bridgehead atoms. The number of hydrogen-bond acceptors (Lipinski definition) is 2. The Morgan fingerprint density at radius 1 is 1.29 bits per heavy atom. The van der Waals surface area contributed by atoms with Gasteiger partial charge in [0.1, 0.15) is 0 Å². The average molecular weight is 227 g/mol. The van der Waals surface area contributed by atoms with Crippen molar-refractivity contribution in [3.05, 3.63) is 54.7 Å². The lowest BCUT2D eigenvalue weighted by molar-refractivity contribution is 0.166. The lowest BCUT2D eigenvalue weighted by Crippen LogP contribution is -1.99. The standard InChI is InChI=1S/C15H17NO/c1-2-3-4-9-15(17)13-10-11-16-14-8-6-5-7-12(13)14/h2,5-8,10-11,15,17H,1,3-4,9H2. The summed E-state index contributed by atoms with van der Waals surface area (Å²) in [5.74, 6) is 0. The molecule has 2 aromatic rings. The molecule has 0 amide bonds. The molecule has 88 valence electrons. The largest absolute Gasteiger partial charge is 0.388 e. The molecule has 0 radical (unpaired) electrons. The van der Waals surface area contributed by atoms with Crippen LogP contribution < -0.4 is 0 Å². The van der Waals surface area contributed by atoms with E-state index in [9.17, 15) is 5.11 Å². The van der Waals surface area contributed by atoms with Crippen molar-refractivity contribution < 1.29 is 5.11 Å². The fourth-order valence-electron chi connectivity index (χ4n) is 2.02. The van der Waals surface area contributed by atoms with Gasteiger partial charge in [-0.05, 0) is 37.0 Å². The Labute approximate surface area is 102 Å². The van der Waals surface area contributed by atoms with Crippen LogP contribution in [0, 0.1) is 0 Å². The summed E-state index contributed by atoms with van der Waals surface area (Å²) >= 11 is 0. The summed E-state index contributed by atoms with van der Waals surface area (Å²) < 4.78 is 0. The second-order valence-corrected chi connectivity index (χ2v) is 4.15. The number of aliphatic hydroxyl groups is 1. The van der Waals surface area contributed by atoms with Crippen LogP contribution >= 0.6 is 0 Å². The van der Waals surface area contributed by atoms with Crippen molar-refractivity contribution >= 4 is 10.9 Å². The van der Waals surface area contributed by atoms with Gasteiger partial charge in [-0.15, -0.1) is 6.58 Å². The Morgan fingerprint density at radius 2 is 2.12 bits per heavy atom. The van der Waals surface area contributed by atoms with Gasteiger partial charge in [0.05, 0.1) is 11.6 Å². The molecule has 1 N–H and O–H groups in total. The second-order valence-electron chi connectivity index (χ2n) is 4.15. The Hall–Kier alpha value is -1.67.